The van der Waals surface area contributed by atoms with Crippen molar-refractivity contribution in [1.82, 2.24) is 9.88 Å². The molecule has 7 nitrogen and oxygen atoms in total. The van der Waals surface area contributed by atoms with Crippen molar-refractivity contribution in [2.75, 3.05) is 19.7 Å². The lowest BCUT2D eigenvalue weighted by Gasteiger charge is -2.32. The average molecular weight is 280 g/mol. The van der Waals surface area contributed by atoms with Gasteiger partial charge in [0, 0.05) is 18.8 Å². The molecule has 1 aliphatic rings. The zero-order valence-corrected chi connectivity index (χ0v) is 11.1. The third-order valence-electron chi connectivity index (χ3n) is 3.11. The number of aryl methyl sites for hydroxylation is 1. The number of aromatic nitrogens is 1. The van der Waals surface area contributed by atoms with Crippen LogP contribution in [0, 0.1) is 6.92 Å². The number of carbonyl (C=O) groups excluding carboxylic acids is 1. The quantitative estimate of drug-likeness (QED) is 0.811. The number of pyridine rings is 1. The monoisotopic (exact) mass is 280 g/mol. The van der Waals surface area contributed by atoms with E-state index in [0.29, 0.717) is 12.2 Å². The summed E-state index contributed by atoms with van der Waals surface area (Å²) >= 11 is 0. The van der Waals surface area contributed by atoms with Gasteiger partial charge in [-0.1, -0.05) is 0 Å². The molecule has 1 unspecified atom stereocenters. The summed E-state index contributed by atoms with van der Waals surface area (Å²) in [6.45, 7) is 2.53. The van der Waals surface area contributed by atoms with Crippen molar-refractivity contribution in [2.45, 2.75) is 19.4 Å². The van der Waals surface area contributed by atoms with Crippen molar-refractivity contribution in [3.63, 3.8) is 0 Å². The summed E-state index contributed by atoms with van der Waals surface area (Å²) in [5, 5.41) is 8.74. The molecule has 0 radical (unpaired) electrons. The van der Waals surface area contributed by atoms with Crippen LogP contribution in [0.2, 0.25) is 0 Å². The SMILES string of the molecule is Cc1ccc(C(=O)N2CCOC(CC(=O)O)C2)c(=O)[nH]1. The zero-order chi connectivity index (χ0) is 14.7. The molecule has 1 saturated heterocycles. The number of nitrogens with zero attached hydrogens (tertiary/aromatic N) is 1. The number of rotatable bonds is 3. The number of aliphatic carboxylic acids is 1. The van der Waals surface area contributed by atoms with Crippen molar-refractivity contribution in [2.24, 2.45) is 0 Å². The fraction of sp³-hybridized carbons (Fsp3) is 0.462. The van der Waals surface area contributed by atoms with Crippen LogP contribution in [0.15, 0.2) is 16.9 Å². The van der Waals surface area contributed by atoms with Crippen LogP contribution in [0.3, 0.4) is 0 Å². The zero-order valence-electron chi connectivity index (χ0n) is 11.1. The summed E-state index contributed by atoms with van der Waals surface area (Å²) in [4.78, 5) is 38.7. The summed E-state index contributed by atoms with van der Waals surface area (Å²) in [6, 6.07) is 3.14. The molecule has 2 N–H and O–H groups in total. The highest BCUT2D eigenvalue weighted by molar-refractivity contribution is 5.94. The molecule has 2 heterocycles. The first-order chi connectivity index (χ1) is 9.47. The Kier molecular flexibility index (Phi) is 4.19. The Labute approximate surface area is 115 Å². The Balaban J connectivity index is 2.12. The van der Waals surface area contributed by atoms with E-state index in [1.165, 1.54) is 11.0 Å². The first kappa shape index (κ1) is 14.3. The Morgan fingerprint density at radius 3 is 2.90 bits per heavy atom. The lowest BCUT2D eigenvalue weighted by Crippen LogP contribution is -2.47. The Morgan fingerprint density at radius 2 is 2.25 bits per heavy atom. The minimum Gasteiger partial charge on any atom is -0.481 e. The standard InChI is InChI=1S/C13H16N2O5/c1-8-2-3-10(12(18)14-8)13(19)15-4-5-20-9(7-15)6-11(16)17/h2-3,9H,4-7H2,1H3,(H,14,18)(H,16,17). The Hall–Kier alpha value is -2.15. The number of ether oxygens (including phenoxy) is 1. The molecule has 1 aromatic rings. The van der Waals surface area contributed by atoms with Crippen LogP contribution >= 0.6 is 0 Å². The Morgan fingerprint density at radius 1 is 1.50 bits per heavy atom. The molecule has 0 saturated carbocycles. The number of carbonyl (C=O) groups is 2. The third kappa shape index (κ3) is 3.24. The van der Waals surface area contributed by atoms with Crippen LogP contribution in [0.4, 0.5) is 0 Å². The second-order valence-electron chi connectivity index (χ2n) is 4.73. The molecule has 1 aliphatic heterocycles. The van der Waals surface area contributed by atoms with Gasteiger partial charge in [0.05, 0.1) is 19.1 Å². The number of carboxylic acids is 1. The minimum absolute atomic E-state index is 0.0616. The normalized spacial score (nSPS) is 18.9. The lowest BCUT2D eigenvalue weighted by molar-refractivity contribution is -0.141. The van der Waals surface area contributed by atoms with Crippen LogP contribution < -0.4 is 5.56 Å². The van der Waals surface area contributed by atoms with Crippen molar-refractivity contribution in [1.29, 1.82) is 0 Å². The first-order valence-corrected chi connectivity index (χ1v) is 6.30. The molecular weight excluding hydrogens is 264 g/mol. The summed E-state index contributed by atoms with van der Waals surface area (Å²) in [5.74, 6) is -1.37. The van der Waals surface area contributed by atoms with E-state index in [1.807, 2.05) is 0 Å². The maximum Gasteiger partial charge on any atom is 0.306 e. The van der Waals surface area contributed by atoms with E-state index in [4.69, 9.17) is 9.84 Å². The number of carboxylic acid groups (broad SMARTS) is 1. The van der Waals surface area contributed by atoms with Crippen LogP contribution in [0.25, 0.3) is 0 Å². The van der Waals surface area contributed by atoms with Gasteiger partial charge in [-0.3, -0.25) is 14.4 Å². The van der Waals surface area contributed by atoms with E-state index in [2.05, 4.69) is 4.98 Å². The van der Waals surface area contributed by atoms with Gasteiger partial charge < -0.3 is 19.7 Å². The molecule has 1 atom stereocenters. The van der Waals surface area contributed by atoms with E-state index in [1.54, 1.807) is 13.0 Å². The van der Waals surface area contributed by atoms with Gasteiger partial charge in [-0.15, -0.1) is 0 Å². The number of H-pyrrole nitrogens is 1. The summed E-state index contributed by atoms with van der Waals surface area (Å²) in [6.07, 6.45) is -0.691. The van der Waals surface area contributed by atoms with Crippen molar-refractivity contribution >= 4 is 11.9 Å². The molecule has 20 heavy (non-hydrogen) atoms. The van der Waals surface area contributed by atoms with E-state index < -0.39 is 23.5 Å². The fourth-order valence-electron chi connectivity index (χ4n) is 2.13. The van der Waals surface area contributed by atoms with Gasteiger partial charge >= 0.3 is 5.97 Å². The maximum absolute atomic E-state index is 12.3. The predicted molar refractivity (Wildman–Crippen MR) is 69.7 cm³/mol. The second kappa shape index (κ2) is 5.87. The maximum atomic E-state index is 12.3. The van der Waals surface area contributed by atoms with Gasteiger partial charge in [-0.05, 0) is 19.1 Å². The third-order valence-corrected chi connectivity index (χ3v) is 3.11. The first-order valence-electron chi connectivity index (χ1n) is 6.30. The predicted octanol–water partition coefficient (Wildman–Crippen LogP) is -0.000980. The molecule has 2 rings (SSSR count). The van der Waals surface area contributed by atoms with Gasteiger partial charge in [0.1, 0.15) is 5.56 Å². The molecular formula is C13H16N2O5. The molecule has 7 heteroatoms. The van der Waals surface area contributed by atoms with Crippen LogP contribution in [-0.2, 0) is 9.53 Å². The molecule has 0 aliphatic carbocycles. The molecule has 108 valence electrons. The Bertz CT molecular complexity index is 580. The lowest BCUT2D eigenvalue weighted by atomic mass is 10.1. The highest BCUT2D eigenvalue weighted by atomic mass is 16.5. The van der Waals surface area contributed by atoms with E-state index in [9.17, 15) is 14.4 Å². The van der Waals surface area contributed by atoms with Crippen molar-refractivity contribution in [3.05, 3.63) is 33.7 Å². The fourth-order valence-corrected chi connectivity index (χ4v) is 2.13. The topological polar surface area (TPSA) is 99.7 Å². The number of hydrogen-bond acceptors (Lipinski definition) is 4. The molecule has 0 spiro atoms. The molecule has 1 aromatic heterocycles. The second-order valence-corrected chi connectivity index (χ2v) is 4.73. The van der Waals surface area contributed by atoms with Crippen LogP contribution in [-0.4, -0.2) is 52.7 Å². The largest absolute Gasteiger partial charge is 0.481 e. The molecule has 1 fully saturated rings. The number of hydrogen-bond donors (Lipinski definition) is 2. The summed E-state index contributed by atoms with van der Waals surface area (Å²) in [5.41, 5.74) is 0.306. The smallest absolute Gasteiger partial charge is 0.306 e. The van der Waals surface area contributed by atoms with Crippen molar-refractivity contribution < 1.29 is 19.4 Å². The van der Waals surface area contributed by atoms with Gasteiger partial charge in [0.15, 0.2) is 0 Å². The summed E-state index contributed by atoms with van der Waals surface area (Å²) in [7, 11) is 0. The molecule has 0 bridgehead atoms. The van der Waals surface area contributed by atoms with E-state index >= 15 is 0 Å². The van der Waals surface area contributed by atoms with Gasteiger partial charge in [-0.25, -0.2) is 0 Å². The number of morpholine rings is 1. The van der Waals surface area contributed by atoms with Gasteiger partial charge in [-0.2, -0.15) is 0 Å². The van der Waals surface area contributed by atoms with Gasteiger partial charge in [0.2, 0.25) is 0 Å². The van der Waals surface area contributed by atoms with Crippen LogP contribution in [0.5, 0.6) is 0 Å². The van der Waals surface area contributed by atoms with Crippen LogP contribution in [0.1, 0.15) is 22.5 Å². The highest BCUT2D eigenvalue weighted by Crippen LogP contribution is 2.11. The van der Waals surface area contributed by atoms with E-state index in [0.717, 1.165) is 0 Å². The highest BCUT2D eigenvalue weighted by Gasteiger charge is 2.27. The molecule has 0 aromatic carbocycles. The van der Waals surface area contributed by atoms with Crippen molar-refractivity contribution in [3.8, 4) is 0 Å². The minimum atomic E-state index is -0.975. The average Bonchev–Trinajstić information content (AvgIpc) is 2.37. The van der Waals surface area contributed by atoms with Gasteiger partial charge in [0.25, 0.3) is 11.5 Å². The van der Waals surface area contributed by atoms with E-state index in [-0.39, 0.29) is 25.1 Å². The summed E-state index contributed by atoms with van der Waals surface area (Å²) < 4.78 is 5.29. The number of aromatic amines is 1. The molecule has 1 amide bonds. The number of nitrogens with one attached hydrogen (secondary N) is 1. The number of amides is 1.